The summed E-state index contributed by atoms with van der Waals surface area (Å²) in [7, 11) is -3.87. The lowest BCUT2D eigenvalue weighted by atomic mass is 9.83. The monoisotopic (exact) mass is 627 g/mol. The topological polar surface area (TPSA) is 118 Å². The average molecular weight is 628 g/mol. The molecule has 2 aromatic rings. The molecule has 1 aromatic carbocycles. The molecule has 0 spiro atoms. The lowest BCUT2D eigenvalue weighted by Crippen LogP contribution is -2.52. The lowest BCUT2D eigenvalue weighted by Gasteiger charge is -2.48. The van der Waals surface area contributed by atoms with Crippen molar-refractivity contribution in [1.29, 1.82) is 0 Å². The van der Waals surface area contributed by atoms with E-state index in [4.69, 9.17) is 13.9 Å². The number of aromatic amines is 1. The number of hydrogen-bond donors (Lipinski definition) is 3. The molecule has 5 rings (SSSR count). The van der Waals surface area contributed by atoms with E-state index in [1.54, 1.807) is 4.90 Å². The first-order valence-electron chi connectivity index (χ1n) is 15.4. The summed E-state index contributed by atoms with van der Waals surface area (Å²) in [6.45, 7) is 22.6. The van der Waals surface area contributed by atoms with Crippen LogP contribution in [-0.4, -0.2) is 56.8 Å². The molecule has 10 nitrogen and oxygen atoms in total. The van der Waals surface area contributed by atoms with Crippen molar-refractivity contribution in [3.63, 3.8) is 0 Å². The Hall–Kier alpha value is -2.84. The van der Waals surface area contributed by atoms with Gasteiger partial charge in [0, 0.05) is 16.2 Å². The first-order chi connectivity index (χ1) is 19.9. The Morgan fingerprint density at radius 1 is 1.14 bits per heavy atom. The second-order valence-electron chi connectivity index (χ2n) is 15.4. The van der Waals surface area contributed by atoms with Gasteiger partial charge in [-0.3, -0.25) is 9.89 Å². The largest absolute Gasteiger partial charge is 0.454 e. The van der Waals surface area contributed by atoms with Gasteiger partial charge in [0.15, 0.2) is 25.6 Å². The van der Waals surface area contributed by atoms with E-state index in [2.05, 4.69) is 74.3 Å². The van der Waals surface area contributed by atoms with Crippen LogP contribution in [0.5, 0.6) is 11.5 Å². The van der Waals surface area contributed by atoms with Gasteiger partial charge in [0.25, 0.3) is 0 Å². The van der Waals surface area contributed by atoms with Crippen molar-refractivity contribution in [3.05, 3.63) is 35.0 Å². The number of amides is 3. The fourth-order valence-electron chi connectivity index (χ4n) is 6.19. The Labute approximate surface area is 257 Å². The number of carbonyl (C=O) groups is 2. The number of benzene rings is 1. The maximum absolute atomic E-state index is 14.1. The second kappa shape index (κ2) is 10.7. The molecule has 3 amide bonds. The zero-order valence-corrected chi connectivity index (χ0v) is 29.5. The summed E-state index contributed by atoms with van der Waals surface area (Å²) in [4.78, 5) is 29.5. The van der Waals surface area contributed by atoms with E-state index in [9.17, 15) is 9.59 Å². The summed E-state index contributed by atoms with van der Waals surface area (Å²) in [6.07, 6.45) is 2.94. The third-order valence-electron chi connectivity index (χ3n) is 10.5. The third-order valence-corrected chi connectivity index (χ3v) is 18.6. The van der Waals surface area contributed by atoms with Crippen molar-refractivity contribution in [2.75, 3.05) is 18.7 Å². The normalized spacial score (nSPS) is 19.4. The molecule has 0 bridgehead atoms. The number of nitrogens with zero attached hydrogens (tertiary/aromatic N) is 2. The quantitative estimate of drug-likeness (QED) is 0.275. The van der Waals surface area contributed by atoms with Crippen LogP contribution in [-0.2, 0) is 21.3 Å². The van der Waals surface area contributed by atoms with Crippen molar-refractivity contribution < 1.29 is 23.5 Å². The molecule has 236 valence electrons. The standard InChI is InChI=1S/C31H49N5O5Si2/c1-29(2,3)43(9,10)41-18-22(20-13-11-14-23-24(20)40-19-39-23)32-28(38)36-17-21-25(30(36,4)5)34-35-26(21)33-27(37)31(15-12-16-31)42(6,7)8/h11,13-14,22H,12,15-19H2,1-10H3,(H,32,38)(H2,33,34,35,37). The SMILES string of the molecule is CC1(C)c2[nH]nc(NC(=O)C3([Si](C)(C)C)CCC3)c2CN1C(=O)NC(CO[Si](C)(C)C(C)(C)C)c1cccc2c1OCO2. The number of para-hydroxylation sites is 1. The van der Waals surface area contributed by atoms with E-state index in [0.717, 1.165) is 36.1 Å². The molecule has 1 unspecified atom stereocenters. The van der Waals surface area contributed by atoms with Crippen LogP contribution >= 0.6 is 0 Å². The van der Waals surface area contributed by atoms with Crippen LogP contribution in [0.25, 0.3) is 0 Å². The van der Waals surface area contributed by atoms with Gasteiger partial charge in [0.1, 0.15) is 0 Å². The number of carbonyl (C=O) groups excluding carboxylic acids is 2. The molecule has 1 fully saturated rings. The first kappa shape index (κ1) is 31.6. The molecule has 0 saturated heterocycles. The van der Waals surface area contributed by atoms with Crippen molar-refractivity contribution in [3.8, 4) is 11.5 Å². The molecule has 12 heteroatoms. The van der Waals surface area contributed by atoms with Gasteiger partial charge < -0.3 is 29.4 Å². The minimum atomic E-state index is -2.12. The highest BCUT2D eigenvalue weighted by molar-refractivity contribution is 6.83. The van der Waals surface area contributed by atoms with Crippen LogP contribution in [0.3, 0.4) is 0 Å². The average Bonchev–Trinajstić information content (AvgIpc) is 3.55. The van der Waals surface area contributed by atoms with E-state index in [0.29, 0.717) is 30.5 Å². The zero-order chi connectivity index (χ0) is 31.6. The van der Waals surface area contributed by atoms with Gasteiger partial charge in [-0.15, -0.1) is 0 Å². The predicted molar refractivity (Wildman–Crippen MR) is 173 cm³/mol. The van der Waals surface area contributed by atoms with Gasteiger partial charge in [-0.05, 0) is 50.9 Å². The van der Waals surface area contributed by atoms with Crippen LogP contribution in [0.4, 0.5) is 10.6 Å². The highest BCUT2D eigenvalue weighted by Crippen LogP contribution is 2.56. The number of H-pyrrole nitrogens is 1. The van der Waals surface area contributed by atoms with Crippen molar-refractivity contribution in [1.82, 2.24) is 20.4 Å². The highest BCUT2D eigenvalue weighted by atomic mass is 28.4. The molecule has 1 atom stereocenters. The van der Waals surface area contributed by atoms with Gasteiger partial charge >= 0.3 is 6.03 Å². The Morgan fingerprint density at radius 2 is 1.84 bits per heavy atom. The lowest BCUT2D eigenvalue weighted by molar-refractivity contribution is -0.121. The summed E-state index contributed by atoms with van der Waals surface area (Å²) >= 11 is 0. The Morgan fingerprint density at radius 3 is 2.44 bits per heavy atom. The molecular formula is C31H49N5O5Si2. The van der Waals surface area contributed by atoms with E-state index < -0.39 is 28.0 Å². The fourth-order valence-corrected chi connectivity index (χ4v) is 9.81. The minimum absolute atomic E-state index is 0.0147. The number of rotatable bonds is 8. The Balaban J connectivity index is 1.38. The van der Waals surface area contributed by atoms with Gasteiger partial charge in [0.05, 0.1) is 38.5 Å². The van der Waals surface area contributed by atoms with E-state index in [1.807, 2.05) is 32.0 Å². The number of ether oxygens (including phenoxy) is 2. The predicted octanol–water partition coefficient (Wildman–Crippen LogP) is 6.86. The van der Waals surface area contributed by atoms with Crippen LogP contribution in [0.2, 0.25) is 42.8 Å². The molecule has 3 heterocycles. The third kappa shape index (κ3) is 5.39. The van der Waals surface area contributed by atoms with Crippen LogP contribution in [0.15, 0.2) is 18.2 Å². The molecule has 1 aromatic heterocycles. The molecule has 3 N–H and O–H groups in total. The van der Waals surface area contributed by atoms with Crippen LogP contribution in [0.1, 0.15) is 76.7 Å². The summed E-state index contributed by atoms with van der Waals surface area (Å²) in [5, 5.41) is 13.8. The van der Waals surface area contributed by atoms with Crippen molar-refractivity contribution in [2.24, 2.45) is 0 Å². The molecular weight excluding hydrogens is 579 g/mol. The molecule has 0 radical (unpaired) electrons. The number of nitrogens with one attached hydrogen (secondary N) is 3. The maximum atomic E-state index is 14.1. The summed E-state index contributed by atoms with van der Waals surface area (Å²) in [6, 6.07) is 5.05. The smallest absolute Gasteiger partial charge is 0.319 e. The Kier molecular flexibility index (Phi) is 7.83. The molecule has 1 saturated carbocycles. The van der Waals surface area contributed by atoms with Crippen LogP contribution < -0.4 is 20.1 Å². The highest BCUT2D eigenvalue weighted by Gasteiger charge is 2.54. The summed E-state index contributed by atoms with van der Waals surface area (Å²) < 4.78 is 18.1. The van der Waals surface area contributed by atoms with E-state index >= 15 is 0 Å². The van der Waals surface area contributed by atoms with Crippen molar-refractivity contribution in [2.45, 2.75) is 115 Å². The minimum Gasteiger partial charge on any atom is -0.454 e. The van der Waals surface area contributed by atoms with Crippen LogP contribution in [0, 0.1) is 0 Å². The van der Waals surface area contributed by atoms with Crippen molar-refractivity contribution >= 4 is 34.1 Å². The van der Waals surface area contributed by atoms with Gasteiger partial charge in [-0.25, -0.2) is 4.79 Å². The maximum Gasteiger partial charge on any atom is 0.319 e. The molecule has 1 aliphatic carbocycles. The van der Waals surface area contributed by atoms with Gasteiger partial charge in [0.2, 0.25) is 12.7 Å². The molecule has 43 heavy (non-hydrogen) atoms. The summed E-state index contributed by atoms with van der Waals surface area (Å²) in [5.74, 6) is 1.89. The number of aromatic nitrogens is 2. The zero-order valence-electron chi connectivity index (χ0n) is 27.5. The molecule has 2 aliphatic heterocycles. The van der Waals surface area contributed by atoms with Gasteiger partial charge in [-0.2, -0.15) is 5.10 Å². The van der Waals surface area contributed by atoms with E-state index in [1.165, 1.54) is 0 Å². The number of urea groups is 1. The molecule has 3 aliphatic rings. The number of fused-ring (bicyclic) bond motifs is 2. The second-order valence-corrected chi connectivity index (χ2v) is 25.6. The summed E-state index contributed by atoms with van der Waals surface area (Å²) in [5.41, 5.74) is 1.83. The fraction of sp³-hybridized carbons (Fsp3) is 0.645. The van der Waals surface area contributed by atoms with E-state index in [-0.39, 0.29) is 28.8 Å². The number of anilines is 1. The van der Waals surface area contributed by atoms with Gasteiger partial charge in [-0.1, -0.05) is 59.0 Å². The Bertz CT molecular complexity index is 1400. The number of hydrogen-bond acceptors (Lipinski definition) is 6. The first-order valence-corrected chi connectivity index (χ1v) is 21.8.